The number of aromatic nitrogens is 2. The molecule has 2 aromatic heterocycles. The number of ketones is 1. The third-order valence-corrected chi connectivity index (χ3v) is 13.0. The van der Waals surface area contributed by atoms with Crippen LogP contribution in [0.4, 0.5) is 0 Å². The SMILES string of the molecule is CCC(CC)C(=O)/C=C(\O)C(C)(CC)CC.Cc1[c-]c(-c2nccc3cc([Si](C)(C)C)ccc23)cc(C)c1.Cc1[c-]c(-c2nccc3ccccc23)cc(C)c1.[Ir]. The predicted octanol–water partition coefficient (Wildman–Crippen LogP) is 13.4. The van der Waals surface area contributed by atoms with Gasteiger partial charge in [-0.15, -0.1) is 69.8 Å². The molecule has 1 N–H and O–H groups in total. The van der Waals surface area contributed by atoms with Crippen molar-refractivity contribution >= 4 is 40.6 Å². The molecule has 0 saturated heterocycles. The first kappa shape index (κ1) is 47.2. The Morgan fingerprint density at radius 2 is 1.21 bits per heavy atom. The average molecular weight is 955 g/mol. The van der Waals surface area contributed by atoms with Crippen LogP contribution in [-0.2, 0) is 24.9 Å². The van der Waals surface area contributed by atoms with Gasteiger partial charge in [0.1, 0.15) is 5.76 Å². The molecule has 4 nitrogen and oxygen atoms in total. The Kier molecular flexibility index (Phi) is 17.4. The van der Waals surface area contributed by atoms with Crippen molar-refractivity contribution in [1.29, 1.82) is 0 Å². The number of fused-ring (bicyclic) bond motifs is 2. The molecule has 1 radical (unpaired) electrons. The van der Waals surface area contributed by atoms with E-state index in [1.54, 1.807) is 0 Å². The average Bonchev–Trinajstić information content (AvgIpc) is 3.16. The molecule has 2 heterocycles. The van der Waals surface area contributed by atoms with E-state index in [1.165, 1.54) is 43.9 Å². The molecule has 303 valence electrons. The van der Waals surface area contributed by atoms with Crippen LogP contribution in [0.25, 0.3) is 44.1 Å². The van der Waals surface area contributed by atoms with Crippen LogP contribution in [0.5, 0.6) is 0 Å². The molecule has 0 aliphatic heterocycles. The summed E-state index contributed by atoms with van der Waals surface area (Å²) in [5.74, 6) is 0.366. The van der Waals surface area contributed by atoms with Crippen LogP contribution in [0.3, 0.4) is 0 Å². The van der Waals surface area contributed by atoms with Gasteiger partial charge in [0.25, 0.3) is 0 Å². The Morgan fingerprint density at radius 3 is 1.68 bits per heavy atom. The molecule has 0 fully saturated rings. The summed E-state index contributed by atoms with van der Waals surface area (Å²) in [4.78, 5) is 21.0. The van der Waals surface area contributed by atoms with Crippen molar-refractivity contribution in [1.82, 2.24) is 9.97 Å². The van der Waals surface area contributed by atoms with Crippen molar-refractivity contribution in [2.45, 2.75) is 108 Å². The molecule has 57 heavy (non-hydrogen) atoms. The number of rotatable bonds is 10. The van der Waals surface area contributed by atoms with E-state index in [-0.39, 0.29) is 43.0 Å². The summed E-state index contributed by atoms with van der Waals surface area (Å²) in [6.45, 7) is 25.6. The fraction of sp³-hybridized carbons (Fsp3) is 0.353. The summed E-state index contributed by atoms with van der Waals surface area (Å²) in [6, 6.07) is 34.8. The van der Waals surface area contributed by atoms with E-state index in [4.69, 9.17) is 0 Å². The van der Waals surface area contributed by atoms with Gasteiger partial charge < -0.3 is 15.1 Å². The minimum Gasteiger partial charge on any atom is -0.512 e. The molecular weight excluding hydrogens is 893 g/mol. The van der Waals surface area contributed by atoms with Gasteiger partial charge in [-0.2, -0.15) is 0 Å². The Balaban J connectivity index is 0.000000231. The van der Waals surface area contributed by atoms with Gasteiger partial charge in [0.05, 0.1) is 8.07 Å². The maximum atomic E-state index is 11.9. The smallest absolute Gasteiger partial charge is 0.162 e. The van der Waals surface area contributed by atoms with Gasteiger partial charge in [-0.05, 0) is 70.7 Å². The molecule has 0 spiro atoms. The van der Waals surface area contributed by atoms with Crippen LogP contribution in [-0.4, -0.2) is 28.9 Å². The molecule has 4 aromatic carbocycles. The molecule has 6 rings (SSSR count). The van der Waals surface area contributed by atoms with Crippen molar-refractivity contribution in [3.63, 3.8) is 0 Å². The number of aliphatic hydroxyl groups excluding tert-OH is 1. The van der Waals surface area contributed by atoms with Gasteiger partial charge in [0.2, 0.25) is 0 Å². The van der Waals surface area contributed by atoms with Crippen LogP contribution >= 0.6 is 0 Å². The fourth-order valence-electron chi connectivity index (χ4n) is 6.97. The van der Waals surface area contributed by atoms with Crippen molar-refractivity contribution in [2.24, 2.45) is 11.3 Å². The van der Waals surface area contributed by atoms with Crippen LogP contribution in [0.15, 0.2) is 103 Å². The first-order valence-corrected chi connectivity index (χ1v) is 23.7. The molecule has 0 unspecified atom stereocenters. The summed E-state index contributed by atoms with van der Waals surface area (Å²) < 4.78 is 0. The van der Waals surface area contributed by atoms with Gasteiger partial charge in [0.15, 0.2) is 5.78 Å². The Morgan fingerprint density at radius 1 is 0.719 bits per heavy atom. The number of carbonyl (C=O) groups is 1. The minimum absolute atomic E-state index is 0. The van der Waals surface area contributed by atoms with E-state index in [0.29, 0.717) is 0 Å². The van der Waals surface area contributed by atoms with Gasteiger partial charge in [-0.25, -0.2) is 0 Å². The van der Waals surface area contributed by atoms with Crippen LogP contribution in [0.2, 0.25) is 19.6 Å². The maximum absolute atomic E-state index is 11.9. The fourth-order valence-corrected chi connectivity index (χ4v) is 8.14. The Bertz CT molecular complexity index is 2250. The molecule has 0 aliphatic carbocycles. The Labute approximate surface area is 357 Å². The topological polar surface area (TPSA) is 63.1 Å². The number of hydrogen-bond acceptors (Lipinski definition) is 4. The van der Waals surface area contributed by atoms with Gasteiger partial charge in [-0.3, -0.25) is 4.79 Å². The molecule has 0 atom stereocenters. The minimum atomic E-state index is -1.29. The Hall–Kier alpha value is -4.22. The number of hydrogen-bond donors (Lipinski definition) is 1. The number of aliphatic hydroxyl groups is 1. The zero-order valence-electron chi connectivity index (χ0n) is 36.2. The summed E-state index contributed by atoms with van der Waals surface area (Å²) >= 11 is 0. The second-order valence-electron chi connectivity index (χ2n) is 16.4. The van der Waals surface area contributed by atoms with E-state index in [0.717, 1.165) is 59.3 Å². The summed E-state index contributed by atoms with van der Waals surface area (Å²) in [6.07, 6.45) is 8.61. The molecule has 0 bridgehead atoms. The number of nitrogens with zero attached hydrogens (tertiary/aromatic N) is 2. The number of pyridine rings is 2. The number of aryl methyl sites for hydroxylation is 4. The normalized spacial score (nSPS) is 11.7. The maximum Gasteiger partial charge on any atom is 0.162 e. The number of allylic oxidation sites excluding steroid dienone is 2. The molecule has 6 aromatic rings. The summed E-state index contributed by atoms with van der Waals surface area (Å²) in [5.41, 5.74) is 8.77. The third kappa shape index (κ3) is 12.4. The van der Waals surface area contributed by atoms with Crippen LogP contribution in [0, 0.1) is 51.2 Å². The second kappa shape index (κ2) is 21.0. The van der Waals surface area contributed by atoms with E-state index >= 15 is 0 Å². The van der Waals surface area contributed by atoms with E-state index in [1.807, 2.05) is 53.1 Å². The van der Waals surface area contributed by atoms with E-state index < -0.39 is 8.07 Å². The number of carbonyl (C=O) groups excluding carboxylic acids is 1. The largest absolute Gasteiger partial charge is 0.512 e. The second-order valence-corrected chi connectivity index (χ2v) is 21.5. The third-order valence-electron chi connectivity index (χ3n) is 11.0. The first-order chi connectivity index (χ1) is 26.5. The predicted molar refractivity (Wildman–Crippen MR) is 242 cm³/mol. The van der Waals surface area contributed by atoms with E-state index in [9.17, 15) is 9.90 Å². The summed E-state index contributed by atoms with van der Waals surface area (Å²) in [7, 11) is -1.29. The summed E-state index contributed by atoms with van der Waals surface area (Å²) in [5, 5.41) is 16.4. The molecule has 0 amide bonds. The standard InChI is InChI=1S/C20H22NSi.C17H14N.C14H26O2.Ir/c1-14-10-15(2)12-17(11-14)20-19-7-6-18(22(3,4)5)13-16(19)8-9-21-20;1-12-9-13(2)11-15(10-12)17-16-6-4-3-5-14(16)7-8-18-17;1-6-11(7-2)12(15)10-13(16)14(5,8-3)9-4;/h6-11,13H,1-5H3;3-10H,1-2H3;10-11,16H,6-9H2,1-5H3;/q2*-1;;/b;;13-10-;. The van der Waals surface area contributed by atoms with Gasteiger partial charge >= 0.3 is 0 Å². The quantitative estimate of drug-likeness (QED) is 0.0643. The molecule has 0 saturated carbocycles. The van der Waals surface area contributed by atoms with Crippen molar-refractivity contribution < 1.29 is 30.0 Å². The van der Waals surface area contributed by atoms with Crippen molar-refractivity contribution in [2.75, 3.05) is 0 Å². The zero-order valence-corrected chi connectivity index (χ0v) is 39.6. The molecular formula is C51H62IrN2O2Si-2. The zero-order chi connectivity index (χ0) is 41.2. The van der Waals surface area contributed by atoms with Gasteiger partial charge in [-0.1, -0.05) is 130 Å². The number of benzene rings is 4. The van der Waals surface area contributed by atoms with Gasteiger partial charge in [0, 0.05) is 49.9 Å². The van der Waals surface area contributed by atoms with E-state index in [2.05, 4.69) is 142 Å². The van der Waals surface area contributed by atoms with Crippen molar-refractivity contribution in [3.8, 4) is 22.5 Å². The molecule has 6 heteroatoms. The first-order valence-electron chi connectivity index (χ1n) is 20.2. The van der Waals surface area contributed by atoms with Crippen molar-refractivity contribution in [3.05, 3.63) is 137 Å². The monoisotopic (exact) mass is 955 g/mol. The molecule has 0 aliphatic rings. The van der Waals surface area contributed by atoms with Crippen LogP contribution < -0.4 is 5.19 Å². The van der Waals surface area contributed by atoms with Crippen LogP contribution in [0.1, 0.15) is 82.6 Å².